The molecule has 0 fully saturated rings. The van der Waals surface area contributed by atoms with E-state index in [-0.39, 0.29) is 17.8 Å². The number of benzene rings is 2. The fourth-order valence-corrected chi connectivity index (χ4v) is 5.55. The zero-order chi connectivity index (χ0) is 26.9. The average Bonchev–Trinajstić information content (AvgIpc) is 2.86. The van der Waals surface area contributed by atoms with Crippen molar-refractivity contribution >= 4 is 27.7 Å². The third-order valence-corrected chi connectivity index (χ3v) is 7.27. The van der Waals surface area contributed by atoms with Gasteiger partial charge in [-0.3, -0.25) is 4.79 Å². The standard InChI is InChI=1S/C29H32BrNO6/c1-15(2)37-29(33)26-16(3)31-21-11-18(17-7-9-24(35-5)25(13-17)36-6)12-22(32)28(21)27(26)20-14-19(30)8-10-23(20)34-4/h7-10,13-15,18,27,31H,11-12H2,1-6H3/t18-,27-/m0/s1. The molecule has 2 atom stereocenters. The predicted molar refractivity (Wildman–Crippen MR) is 144 cm³/mol. The van der Waals surface area contributed by atoms with Gasteiger partial charge in [0.1, 0.15) is 5.75 Å². The monoisotopic (exact) mass is 569 g/mol. The number of hydrogen-bond donors (Lipinski definition) is 1. The molecule has 1 N–H and O–H groups in total. The highest BCUT2D eigenvalue weighted by molar-refractivity contribution is 9.10. The Bertz CT molecular complexity index is 1300. The summed E-state index contributed by atoms with van der Waals surface area (Å²) in [6, 6.07) is 11.4. The second kappa shape index (κ2) is 11.0. The summed E-state index contributed by atoms with van der Waals surface area (Å²) < 4.78 is 23.0. The van der Waals surface area contributed by atoms with E-state index in [4.69, 9.17) is 18.9 Å². The lowest BCUT2D eigenvalue weighted by molar-refractivity contribution is -0.143. The third-order valence-electron chi connectivity index (χ3n) is 6.77. The summed E-state index contributed by atoms with van der Waals surface area (Å²) in [6.45, 7) is 5.47. The van der Waals surface area contributed by atoms with E-state index in [1.165, 1.54) is 0 Å². The number of nitrogens with one attached hydrogen (secondary N) is 1. The Balaban J connectivity index is 1.83. The van der Waals surface area contributed by atoms with Gasteiger partial charge in [-0.2, -0.15) is 0 Å². The molecule has 37 heavy (non-hydrogen) atoms. The van der Waals surface area contributed by atoms with E-state index in [2.05, 4.69) is 21.2 Å². The number of ketones is 1. The number of halogens is 1. The first-order valence-electron chi connectivity index (χ1n) is 12.2. The highest BCUT2D eigenvalue weighted by Gasteiger charge is 2.42. The Hall–Kier alpha value is -3.26. The van der Waals surface area contributed by atoms with Crippen molar-refractivity contribution in [3.05, 3.63) is 74.5 Å². The van der Waals surface area contributed by atoms with E-state index in [1.54, 1.807) is 21.3 Å². The number of methoxy groups -OCH3 is 3. The molecule has 0 unspecified atom stereocenters. The molecule has 2 aromatic rings. The number of carbonyl (C=O) groups is 2. The summed E-state index contributed by atoms with van der Waals surface area (Å²) in [5, 5.41) is 3.38. The number of carbonyl (C=O) groups excluding carboxylic acids is 2. The number of rotatable bonds is 7. The van der Waals surface area contributed by atoms with Gasteiger partial charge in [0.25, 0.3) is 0 Å². The molecule has 0 aromatic heterocycles. The smallest absolute Gasteiger partial charge is 0.337 e. The van der Waals surface area contributed by atoms with E-state index in [1.807, 2.05) is 57.2 Å². The molecule has 1 aliphatic heterocycles. The Morgan fingerprint density at radius 3 is 2.30 bits per heavy atom. The molecule has 0 amide bonds. The molecule has 196 valence electrons. The summed E-state index contributed by atoms with van der Waals surface area (Å²) in [5.74, 6) is 0.707. The van der Waals surface area contributed by atoms with Gasteiger partial charge in [0.05, 0.1) is 38.9 Å². The van der Waals surface area contributed by atoms with Crippen LogP contribution in [0.3, 0.4) is 0 Å². The Morgan fingerprint density at radius 1 is 0.973 bits per heavy atom. The van der Waals surface area contributed by atoms with Gasteiger partial charge >= 0.3 is 5.97 Å². The second-order valence-corrected chi connectivity index (χ2v) is 10.4. The normalized spacial score (nSPS) is 19.4. The zero-order valence-corrected chi connectivity index (χ0v) is 23.5. The van der Waals surface area contributed by atoms with Crippen LogP contribution < -0.4 is 19.5 Å². The van der Waals surface area contributed by atoms with Gasteiger partial charge in [-0.1, -0.05) is 22.0 Å². The quantitative estimate of drug-likeness (QED) is 0.422. The molecule has 8 heteroatoms. The maximum atomic E-state index is 13.9. The molecular weight excluding hydrogens is 538 g/mol. The van der Waals surface area contributed by atoms with E-state index in [0.717, 1.165) is 21.3 Å². The average molecular weight is 570 g/mol. The number of esters is 1. The van der Waals surface area contributed by atoms with E-state index >= 15 is 0 Å². The van der Waals surface area contributed by atoms with Crippen LogP contribution in [0.15, 0.2) is 63.4 Å². The summed E-state index contributed by atoms with van der Waals surface area (Å²) in [7, 11) is 4.78. The Morgan fingerprint density at radius 2 is 1.65 bits per heavy atom. The molecule has 0 saturated heterocycles. The van der Waals surface area contributed by atoms with Crippen molar-refractivity contribution < 1.29 is 28.5 Å². The van der Waals surface area contributed by atoms with Crippen LogP contribution in [-0.4, -0.2) is 39.2 Å². The van der Waals surface area contributed by atoms with Crippen LogP contribution in [-0.2, 0) is 14.3 Å². The lowest BCUT2D eigenvalue weighted by Crippen LogP contribution is -2.36. The molecule has 7 nitrogen and oxygen atoms in total. The minimum Gasteiger partial charge on any atom is -0.496 e. The number of hydrogen-bond acceptors (Lipinski definition) is 7. The largest absolute Gasteiger partial charge is 0.496 e. The van der Waals surface area contributed by atoms with Crippen LogP contribution >= 0.6 is 15.9 Å². The number of ether oxygens (including phenoxy) is 4. The summed E-state index contributed by atoms with van der Waals surface area (Å²) in [6.07, 6.45) is 0.603. The molecule has 2 aliphatic rings. The van der Waals surface area contributed by atoms with Crippen molar-refractivity contribution in [3.63, 3.8) is 0 Å². The fourth-order valence-electron chi connectivity index (χ4n) is 5.17. The van der Waals surface area contributed by atoms with Gasteiger partial charge in [0.15, 0.2) is 17.3 Å². The van der Waals surface area contributed by atoms with Crippen molar-refractivity contribution in [3.8, 4) is 17.2 Å². The van der Waals surface area contributed by atoms with Gasteiger partial charge in [0, 0.05) is 33.4 Å². The molecule has 4 rings (SSSR count). The van der Waals surface area contributed by atoms with Gasteiger partial charge < -0.3 is 24.3 Å². The van der Waals surface area contributed by atoms with Crippen LogP contribution in [0.4, 0.5) is 0 Å². The van der Waals surface area contributed by atoms with Crippen molar-refractivity contribution in [2.45, 2.75) is 51.6 Å². The minimum absolute atomic E-state index is 0.0251. The maximum Gasteiger partial charge on any atom is 0.337 e. The van der Waals surface area contributed by atoms with Crippen molar-refractivity contribution in [1.82, 2.24) is 5.32 Å². The van der Waals surface area contributed by atoms with Gasteiger partial charge in [-0.05, 0) is 69.0 Å². The second-order valence-electron chi connectivity index (χ2n) is 9.47. The number of Topliss-reactive ketones (excluding diaryl/α,β-unsaturated/α-hetero) is 1. The predicted octanol–water partition coefficient (Wildman–Crippen LogP) is 5.79. The van der Waals surface area contributed by atoms with Crippen LogP contribution in [0.5, 0.6) is 17.2 Å². The van der Waals surface area contributed by atoms with E-state index in [0.29, 0.717) is 46.9 Å². The first-order chi connectivity index (χ1) is 17.7. The molecule has 0 saturated carbocycles. The van der Waals surface area contributed by atoms with Crippen molar-refractivity contribution in [1.29, 1.82) is 0 Å². The van der Waals surface area contributed by atoms with Crippen LogP contribution in [0.25, 0.3) is 0 Å². The molecule has 0 spiro atoms. The van der Waals surface area contributed by atoms with Gasteiger partial charge in [0.2, 0.25) is 0 Å². The molecule has 1 aliphatic carbocycles. The lowest BCUT2D eigenvalue weighted by Gasteiger charge is -2.37. The summed E-state index contributed by atoms with van der Waals surface area (Å²) in [5.41, 5.74) is 4.19. The highest BCUT2D eigenvalue weighted by atomic mass is 79.9. The Kier molecular flexibility index (Phi) is 7.97. The van der Waals surface area contributed by atoms with Crippen LogP contribution in [0.1, 0.15) is 56.6 Å². The summed E-state index contributed by atoms with van der Waals surface area (Å²) in [4.78, 5) is 27.2. The van der Waals surface area contributed by atoms with Gasteiger partial charge in [-0.15, -0.1) is 0 Å². The number of allylic oxidation sites excluding steroid dienone is 3. The molecule has 2 aromatic carbocycles. The Labute approximate surface area is 225 Å². The van der Waals surface area contributed by atoms with Crippen LogP contribution in [0.2, 0.25) is 0 Å². The van der Waals surface area contributed by atoms with Crippen molar-refractivity contribution in [2.75, 3.05) is 21.3 Å². The topological polar surface area (TPSA) is 83.1 Å². The third kappa shape index (κ3) is 5.25. The molecule has 0 radical (unpaired) electrons. The molecule has 0 bridgehead atoms. The summed E-state index contributed by atoms with van der Waals surface area (Å²) >= 11 is 3.55. The lowest BCUT2D eigenvalue weighted by atomic mass is 9.71. The SMILES string of the molecule is COc1ccc([C@@H]2CC(=O)C3=C(C2)NC(C)=C(C(=O)OC(C)C)[C@@H]3c2cc(Br)ccc2OC)cc1OC. The molecule has 1 heterocycles. The van der Waals surface area contributed by atoms with Crippen LogP contribution in [0, 0.1) is 0 Å². The highest BCUT2D eigenvalue weighted by Crippen LogP contribution is 2.48. The van der Waals surface area contributed by atoms with E-state index in [9.17, 15) is 9.59 Å². The van der Waals surface area contributed by atoms with E-state index < -0.39 is 11.9 Å². The van der Waals surface area contributed by atoms with Crippen molar-refractivity contribution in [2.24, 2.45) is 0 Å². The zero-order valence-electron chi connectivity index (χ0n) is 21.9. The maximum absolute atomic E-state index is 13.9. The fraction of sp³-hybridized carbons (Fsp3) is 0.379. The number of dihydropyridines is 1. The first kappa shape index (κ1) is 26.8. The molecular formula is C29H32BrNO6. The minimum atomic E-state index is -0.617. The first-order valence-corrected chi connectivity index (χ1v) is 13.0. The van der Waals surface area contributed by atoms with Gasteiger partial charge in [-0.25, -0.2) is 4.79 Å².